The monoisotopic (exact) mass is 525 g/mol. The first-order chi connectivity index (χ1) is 17.3. The Labute approximate surface area is 205 Å². The number of aromatic nitrogens is 3. The topological polar surface area (TPSA) is 93.3 Å². The highest BCUT2D eigenvalue weighted by atomic mass is 19.4. The van der Waals surface area contributed by atoms with Crippen molar-refractivity contribution in [2.45, 2.75) is 38.5 Å². The van der Waals surface area contributed by atoms with E-state index in [1.807, 2.05) is 6.07 Å². The van der Waals surface area contributed by atoms with Gasteiger partial charge in [0.15, 0.2) is 17.7 Å². The van der Waals surface area contributed by atoms with Crippen molar-refractivity contribution in [2.75, 3.05) is 7.11 Å². The van der Waals surface area contributed by atoms with Crippen LogP contribution in [0.25, 0.3) is 5.82 Å². The molecule has 3 heterocycles. The van der Waals surface area contributed by atoms with Gasteiger partial charge in [0.1, 0.15) is 17.4 Å². The number of carbonyl (C=O) groups excluding carboxylic acids is 1. The van der Waals surface area contributed by atoms with Crippen LogP contribution in [0.4, 0.5) is 26.3 Å². The van der Waals surface area contributed by atoms with Crippen LogP contribution in [0.3, 0.4) is 0 Å². The average Bonchev–Trinajstić information content (AvgIpc) is 3.42. The maximum Gasteiger partial charge on any atom is 0.425 e. The molecule has 1 aliphatic heterocycles. The van der Waals surface area contributed by atoms with Crippen molar-refractivity contribution in [3.8, 4) is 23.4 Å². The zero-order valence-corrected chi connectivity index (χ0v) is 19.2. The van der Waals surface area contributed by atoms with E-state index in [9.17, 15) is 36.4 Å². The summed E-state index contributed by atoms with van der Waals surface area (Å²) in [5.41, 5.74) is -0.374. The van der Waals surface area contributed by atoms with Crippen LogP contribution >= 0.6 is 0 Å². The summed E-state index contributed by atoms with van der Waals surface area (Å²) in [5.74, 6) is -1.27. The number of fused-ring (bicyclic) bond motifs is 1. The minimum Gasteiger partial charge on any atom is -0.494 e. The van der Waals surface area contributed by atoms with Gasteiger partial charge >= 0.3 is 12.4 Å². The summed E-state index contributed by atoms with van der Waals surface area (Å²) in [6.45, 7) is 0.710. The molecule has 3 aromatic rings. The molecule has 4 rings (SSSR count). The first-order valence-electron chi connectivity index (χ1n) is 10.6. The van der Waals surface area contributed by atoms with Gasteiger partial charge in [0.2, 0.25) is 0 Å². The van der Waals surface area contributed by atoms with Gasteiger partial charge in [-0.1, -0.05) is 0 Å². The van der Waals surface area contributed by atoms with Crippen molar-refractivity contribution in [2.24, 2.45) is 0 Å². The third-order valence-corrected chi connectivity index (χ3v) is 5.60. The summed E-state index contributed by atoms with van der Waals surface area (Å²) < 4.78 is 89.2. The highest BCUT2D eigenvalue weighted by Gasteiger charge is 2.40. The summed E-state index contributed by atoms with van der Waals surface area (Å²) in [7, 11) is 1.17. The number of halogens is 6. The van der Waals surface area contributed by atoms with Crippen LogP contribution in [0.15, 0.2) is 36.7 Å². The molecule has 0 spiro atoms. The summed E-state index contributed by atoms with van der Waals surface area (Å²) in [5, 5.41) is 13.6. The molecule has 1 atom stereocenters. The Balaban J connectivity index is 1.61. The molecular weight excluding hydrogens is 508 g/mol. The lowest BCUT2D eigenvalue weighted by Gasteiger charge is -2.23. The second kappa shape index (κ2) is 9.30. The van der Waals surface area contributed by atoms with Gasteiger partial charge in [-0.25, -0.2) is 9.67 Å². The van der Waals surface area contributed by atoms with E-state index >= 15 is 0 Å². The molecule has 14 heteroatoms. The molecule has 2 aromatic heterocycles. The highest BCUT2D eigenvalue weighted by molar-refractivity contribution is 6.00. The number of alkyl halides is 6. The fourth-order valence-electron chi connectivity index (χ4n) is 3.68. The number of hydrogen-bond acceptors (Lipinski definition) is 6. The smallest absolute Gasteiger partial charge is 0.425 e. The fourth-order valence-corrected chi connectivity index (χ4v) is 3.68. The Hall–Kier alpha value is -4.28. The number of pyridine rings is 1. The number of amides is 1. The largest absolute Gasteiger partial charge is 0.494 e. The number of nitrogens with zero attached hydrogens (tertiary/aromatic N) is 5. The number of nitriles is 1. The van der Waals surface area contributed by atoms with Crippen LogP contribution < -0.4 is 9.47 Å². The molecule has 194 valence electrons. The van der Waals surface area contributed by atoms with E-state index < -0.39 is 35.7 Å². The maximum absolute atomic E-state index is 13.4. The van der Waals surface area contributed by atoms with Crippen molar-refractivity contribution in [1.29, 1.82) is 5.26 Å². The molecule has 1 aromatic carbocycles. The maximum atomic E-state index is 13.4. The Morgan fingerprint density at radius 3 is 2.41 bits per heavy atom. The Bertz CT molecular complexity index is 1350. The number of hydrogen-bond donors (Lipinski definition) is 0. The molecule has 0 bridgehead atoms. The van der Waals surface area contributed by atoms with Gasteiger partial charge in [0.25, 0.3) is 5.91 Å². The van der Waals surface area contributed by atoms with E-state index in [2.05, 4.69) is 10.1 Å². The number of ether oxygens (including phenoxy) is 2. The van der Waals surface area contributed by atoms with Gasteiger partial charge in [0.05, 0.1) is 30.5 Å². The third kappa shape index (κ3) is 5.02. The summed E-state index contributed by atoms with van der Waals surface area (Å²) in [4.78, 5) is 18.5. The molecule has 0 saturated heterocycles. The number of carbonyl (C=O) groups is 1. The van der Waals surface area contributed by atoms with Gasteiger partial charge < -0.3 is 14.4 Å². The fraction of sp³-hybridized carbons (Fsp3) is 0.304. The zero-order chi connectivity index (χ0) is 27.1. The molecule has 0 radical (unpaired) electrons. The van der Waals surface area contributed by atoms with E-state index in [-0.39, 0.29) is 35.8 Å². The molecule has 0 aliphatic carbocycles. The van der Waals surface area contributed by atoms with Crippen LogP contribution in [0.5, 0.6) is 11.5 Å². The van der Waals surface area contributed by atoms with Gasteiger partial charge in [-0.3, -0.25) is 4.79 Å². The first kappa shape index (κ1) is 25.8. The molecular formula is C23H17F6N5O3. The number of methoxy groups -OCH3 is 1. The van der Waals surface area contributed by atoms with Crippen LogP contribution in [-0.4, -0.2) is 45.0 Å². The minimum atomic E-state index is -4.71. The van der Waals surface area contributed by atoms with Gasteiger partial charge in [-0.05, 0) is 31.2 Å². The molecule has 1 aliphatic rings. The summed E-state index contributed by atoms with van der Waals surface area (Å²) >= 11 is 0. The Morgan fingerprint density at radius 2 is 1.86 bits per heavy atom. The molecule has 37 heavy (non-hydrogen) atoms. The third-order valence-electron chi connectivity index (χ3n) is 5.60. The van der Waals surface area contributed by atoms with E-state index in [0.29, 0.717) is 17.5 Å². The lowest BCUT2D eigenvalue weighted by atomic mass is 10.1. The van der Waals surface area contributed by atoms with Crippen molar-refractivity contribution in [3.05, 3.63) is 64.6 Å². The van der Waals surface area contributed by atoms with E-state index in [1.165, 1.54) is 29.0 Å². The SMILES string of the molecule is COc1c(C#N)ccc(O[C@@H](C)C(F)(F)F)c1C(=O)N1Cc2cn(-c3ccc(C(F)(F)F)cn3)nc2C1. The van der Waals surface area contributed by atoms with Crippen molar-refractivity contribution < 1.29 is 40.6 Å². The number of benzene rings is 1. The first-order valence-corrected chi connectivity index (χ1v) is 10.6. The predicted octanol–water partition coefficient (Wildman–Crippen LogP) is 4.65. The standard InChI is InChI=1S/C23H17F6N5O3/c1-12(22(24,25)26)37-17-5-3-13(7-30)20(36-2)19(17)21(35)33-9-14-10-34(32-16(14)11-33)18-6-4-15(8-31-18)23(27,28)29/h3-6,8,10,12H,9,11H2,1-2H3/t12-/m0/s1. The summed E-state index contributed by atoms with van der Waals surface area (Å²) in [6.07, 6.45) is -9.32. The van der Waals surface area contributed by atoms with E-state index in [4.69, 9.17) is 9.47 Å². The molecule has 1 amide bonds. The minimum absolute atomic E-state index is 0.0109. The van der Waals surface area contributed by atoms with Gasteiger partial charge in [0, 0.05) is 24.5 Å². The molecule has 0 fully saturated rings. The molecule has 0 unspecified atom stereocenters. The number of rotatable bonds is 5. The van der Waals surface area contributed by atoms with E-state index in [0.717, 1.165) is 25.1 Å². The van der Waals surface area contributed by atoms with Gasteiger partial charge in [-0.2, -0.15) is 36.7 Å². The lowest BCUT2D eigenvalue weighted by Crippen LogP contribution is -2.33. The van der Waals surface area contributed by atoms with Crippen LogP contribution in [0.2, 0.25) is 0 Å². The molecule has 8 nitrogen and oxygen atoms in total. The Morgan fingerprint density at radius 1 is 1.14 bits per heavy atom. The molecule has 0 saturated carbocycles. The zero-order valence-electron chi connectivity index (χ0n) is 19.2. The van der Waals surface area contributed by atoms with Crippen molar-refractivity contribution in [1.82, 2.24) is 19.7 Å². The van der Waals surface area contributed by atoms with E-state index in [1.54, 1.807) is 0 Å². The Kier molecular flexibility index (Phi) is 6.49. The normalized spacial score (nSPS) is 14.2. The van der Waals surface area contributed by atoms with Crippen molar-refractivity contribution in [3.63, 3.8) is 0 Å². The average molecular weight is 525 g/mol. The van der Waals surface area contributed by atoms with Gasteiger partial charge in [-0.15, -0.1) is 0 Å². The van der Waals surface area contributed by atoms with Crippen LogP contribution in [-0.2, 0) is 19.3 Å². The van der Waals surface area contributed by atoms with Crippen molar-refractivity contribution >= 4 is 5.91 Å². The molecule has 0 N–H and O–H groups in total. The quantitative estimate of drug-likeness (QED) is 0.451. The van der Waals surface area contributed by atoms with Crippen LogP contribution in [0.1, 0.15) is 39.7 Å². The highest BCUT2D eigenvalue weighted by Crippen LogP contribution is 2.37. The second-order valence-corrected chi connectivity index (χ2v) is 8.04. The van der Waals surface area contributed by atoms with Crippen LogP contribution in [0, 0.1) is 11.3 Å². The second-order valence-electron chi connectivity index (χ2n) is 8.04. The summed E-state index contributed by atoms with van der Waals surface area (Å²) in [6, 6.07) is 6.13. The lowest BCUT2D eigenvalue weighted by molar-refractivity contribution is -0.189. The predicted molar refractivity (Wildman–Crippen MR) is 114 cm³/mol.